The molecule has 27 heavy (non-hydrogen) atoms. The Labute approximate surface area is 159 Å². The van der Waals surface area contributed by atoms with E-state index < -0.39 is 0 Å². The lowest BCUT2D eigenvalue weighted by molar-refractivity contribution is -0.113. The number of nitrogens with zero attached hydrogens (tertiary/aromatic N) is 4. The highest BCUT2D eigenvalue weighted by molar-refractivity contribution is 7.99. The number of rotatable bonds is 5. The third-order valence-corrected chi connectivity index (χ3v) is 4.92. The van der Waals surface area contributed by atoms with Crippen molar-refractivity contribution < 1.29 is 9.21 Å². The summed E-state index contributed by atoms with van der Waals surface area (Å²) in [7, 11) is 0. The Balaban J connectivity index is 1.48. The normalized spacial score (nSPS) is 11.0. The lowest BCUT2D eigenvalue weighted by Gasteiger charge is -2.08. The predicted molar refractivity (Wildman–Crippen MR) is 104 cm³/mol. The van der Waals surface area contributed by atoms with Gasteiger partial charge in [-0.1, -0.05) is 29.5 Å². The van der Waals surface area contributed by atoms with Crippen molar-refractivity contribution >= 4 is 29.0 Å². The van der Waals surface area contributed by atoms with Gasteiger partial charge in [-0.25, -0.2) is 0 Å². The van der Waals surface area contributed by atoms with Crippen LogP contribution in [-0.2, 0) is 4.79 Å². The number of nitrogens with one attached hydrogen (secondary N) is 1. The minimum Gasteiger partial charge on any atom is -0.463 e. The Bertz CT molecular complexity index is 1100. The van der Waals surface area contributed by atoms with Crippen LogP contribution in [-0.4, -0.2) is 31.5 Å². The van der Waals surface area contributed by atoms with Gasteiger partial charge >= 0.3 is 0 Å². The van der Waals surface area contributed by atoms with Gasteiger partial charge in [-0.2, -0.15) is 9.61 Å². The summed E-state index contributed by atoms with van der Waals surface area (Å²) in [4.78, 5) is 12.3. The summed E-state index contributed by atoms with van der Waals surface area (Å²) in [6.07, 6.45) is 1.60. The number of carbonyl (C=O) groups excluding carboxylic acids is 1. The van der Waals surface area contributed by atoms with Crippen LogP contribution in [0.5, 0.6) is 0 Å². The predicted octanol–water partition coefficient (Wildman–Crippen LogP) is 3.73. The molecular weight excluding hydrogens is 362 g/mol. The van der Waals surface area contributed by atoms with E-state index in [-0.39, 0.29) is 11.7 Å². The first kappa shape index (κ1) is 17.3. The third-order valence-electron chi connectivity index (χ3n) is 4.00. The van der Waals surface area contributed by atoms with Crippen molar-refractivity contribution in [3.05, 3.63) is 59.9 Å². The first-order chi connectivity index (χ1) is 13.1. The number of anilines is 1. The molecule has 0 unspecified atom stereocenters. The molecule has 0 aliphatic rings. The van der Waals surface area contributed by atoms with Crippen molar-refractivity contribution in [2.24, 2.45) is 0 Å². The van der Waals surface area contributed by atoms with Gasteiger partial charge in [0, 0.05) is 5.69 Å². The van der Waals surface area contributed by atoms with E-state index in [1.54, 1.807) is 16.8 Å². The van der Waals surface area contributed by atoms with Crippen LogP contribution in [0, 0.1) is 13.8 Å². The third kappa shape index (κ3) is 3.70. The van der Waals surface area contributed by atoms with Crippen molar-refractivity contribution in [2.75, 3.05) is 11.1 Å². The smallest absolute Gasteiger partial charge is 0.234 e. The highest BCUT2D eigenvalue weighted by Gasteiger charge is 2.13. The summed E-state index contributed by atoms with van der Waals surface area (Å²) in [5, 5.41) is 16.2. The Morgan fingerprint density at radius 1 is 1.19 bits per heavy atom. The number of benzene rings is 1. The average molecular weight is 379 g/mol. The van der Waals surface area contributed by atoms with Crippen molar-refractivity contribution in [1.29, 1.82) is 0 Å². The Morgan fingerprint density at radius 2 is 2.07 bits per heavy atom. The molecule has 1 amide bonds. The van der Waals surface area contributed by atoms with Crippen LogP contribution in [0.15, 0.2) is 58.3 Å². The van der Waals surface area contributed by atoms with E-state index in [0.29, 0.717) is 22.3 Å². The standard InChI is InChI=1S/C19H17N5O2S/c1-12-5-6-14(13(2)10-12)20-18(25)11-27-19-22-21-17-8-7-15(23-24(17)19)16-4-3-9-26-16/h3-10H,11H2,1-2H3,(H,20,25). The summed E-state index contributed by atoms with van der Waals surface area (Å²) in [5.41, 5.74) is 4.30. The summed E-state index contributed by atoms with van der Waals surface area (Å²) in [6, 6.07) is 13.2. The number of aryl methyl sites for hydroxylation is 2. The second-order valence-corrected chi connectivity index (χ2v) is 7.05. The molecule has 0 aliphatic carbocycles. The molecule has 0 saturated heterocycles. The SMILES string of the molecule is Cc1ccc(NC(=O)CSc2nnc3ccc(-c4ccco4)nn23)c(C)c1. The monoisotopic (exact) mass is 379 g/mol. The lowest BCUT2D eigenvalue weighted by Crippen LogP contribution is -2.15. The molecule has 0 aliphatic heterocycles. The van der Waals surface area contributed by atoms with E-state index in [1.807, 2.05) is 50.2 Å². The zero-order valence-electron chi connectivity index (χ0n) is 14.8. The van der Waals surface area contributed by atoms with Crippen LogP contribution < -0.4 is 5.32 Å². The van der Waals surface area contributed by atoms with E-state index in [2.05, 4.69) is 20.6 Å². The summed E-state index contributed by atoms with van der Waals surface area (Å²) >= 11 is 1.28. The van der Waals surface area contributed by atoms with Gasteiger partial charge in [0.2, 0.25) is 11.1 Å². The zero-order chi connectivity index (χ0) is 18.8. The number of hydrogen-bond donors (Lipinski definition) is 1. The van der Waals surface area contributed by atoms with Crippen molar-refractivity contribution in [3.8, 4) is 11.5 Å². The first-order valence-corrected chi connectivity index (χ1v) is 9.35. The molecule has 4 aromatic rings. The van der Waals surface area contributed by atoms with Crippen molar-refractivity contribution in [2.45, 2.75) is 19.0 Å². The fraction of sp³-hybridized carbons (Fsp3) is 0.158. The van der Waals surface area contributed by atoms with Gasteiger partial charge in [0.25, 0.3) is 0 Å². The lowest BCUT2D eigenvalue weighted by atomic mass is 10.1. The molecule has 1 N–H and O–H groups in total. The Kier molecular flexibility index (Phi) is 4.64. The number of thioether (sulfide) groups is 1. The van der Waals surface area contributed by atoms with E-state index in [4.69, 9.17) is 4.42 Å². The number of furan rings is 1. The molecule has 4 rings (SSSR count). The van der Waals surface area contributed by atoms with Gasteiger partial charge < -0.3 is 9.73 Å². The van der Waals surface area contributed by atoms with Crippen molar-refractivity contribution in [3.63, 3.8) is 0 Å². The van der Waals surface area contributed by atoms with Gasteiger partial charge in [0.1, 0.15) is 5.69 Å². The number of hydrogen-bond acceptors (Lipinski definition) is 6. The van der Waals surface area contributed by atoms with Gasteiger partial charge in [0.05, 0.1) is 12.0 Å². The number of carbonyl (C=O) groups is 1. The van der Waals surface area contributed by atoms with Crippen LogP contribution in [0.2, 0.25) is 0 Å². The highest BCUT2D eigenvalue weighted by Crippen LogP contribution is 2.22. The van der Waals surface area contributed by atoms with E-state index in [9.17, 15) is 4.79 Å². The summed E-state index contributed by atoms with van der Waals surface area (Å²) in [6.45, 7) is 4.00. The van der Waals surface area contributed by atoms with Crippen LogP contribution >= 0.6 is 11.8 Å². The van der Waals surface area contributed by atoms with E-state index in [0.717, 1.165) is 16.8 Å². The van der Waals surface area contributed by atoms with Gasteiger partial charge in [-0.05, 0) is 49.7 Å². The van der Waals surface area contributed by atoms with Crippen LogP contribution in [0.3, 0.4) is 0 Å². The molecule has 3 aromatic heterocycles. The second-order valence-electron chi connectivity index (χ2n) is 6.10. The number of amides is 1. The number of aromatic nitrogens is 4. The largest absolute Gasteiger partial charge is 0.463 e. The van der Waals surface area contributed by atoms with E-state index >= 15 is 0 Å². The maximum atomic E-state index is 12.3. The van der Waals surface area contributed by atoms with Crippen molar-refractivity contribution in [1.82, 2.24) is 19.8 Å². The summed E-state index contributed by atoms with van der Waals surface area (Å²) < 4.78 is 7.00. The molecule has 1 aromatic carbocycles. The highest BCUT2D eigenvalue weighted by atomic mass is 32.2. The second kappa shape index (κ2) is 7.24. The summed E-state index contributed by atoms with van der Waals surface area (Å²) in [5.74, 6) is 0.765. The number of fused-ring (bicyclic) bond motifs is 1. The zero-order valence-corrected chi connectivity index (χ0v) is 15.7. The minimum atomic E-state index is -0.106. The fourth-order valence-corrected chi connectivity index (χ4v) is 3.37. The first-order valence-electron chi connectivity index (χ1n) is 8.36. The van der Waals surface area contributed by atoms with Gasteiger partial charge in [0.15, 0.2) is 11.4 Å². The molecule has 0 spiro atoms. The van der Waals surface area contributed by atoms with Crippen LogP contribution in [0.1, 0.15) is 11.1 Å². The molecule has 3 heterocycles. The molecule has 0 radical (unpaired) electrons. The fourth-order valence-electron chi connectivity index (χ4n) is 2.69. The Morgan fingerprint density at radius 3 is 2.85 bits per heavy atom. The molecule has 0 bridgehead atoms. The maximum absolute atomic E-state index is 12.3. The molecule has 0 fully saturated rings. The molecule has 0 saturated carbocycles. The van der Waals surface area contributed by atoms with Gasteiger partial charge in [-0.3, -0.25) is 4.79 Å². The quantitative estimate of drug-likeness (QED) is 0.532. The molecule has 0 atom stereocenters. The van der Waals surface area contributed by atoms with Gasteiger partial charge in [-0.15, -0.1) is 10.2 Å². The maximum Gasteiger partial charge on any atom is 0.234 e. The molecular formula is C19H17N5O2S. The Hall–Kier alpha value is -3.13. The molecule has 8 heteroatoms. The topological polar surface area (TPSA) is 85.3 Å². The van der Waals surface area contributed by atoms with E-state index in [1.165, 1.54) is 11.8 Å². The van der Waals surface area contributed by atoms with Crippen LogP contribution in [0.4, 0.5) is 5.69 Å². The van der Waals surface area contributed by atoms with Crippen LogP contribution in [0.25, 0.3) is 17.1 Å². The molecule has 136 valence electrons. The molecule has 7 nitrogen and oxygen atoms in total. The minimum absolute atomic E-state index is 0.106. The average Bonchev–Trinajstić information content (AvgIpc) is 3.31.